The molecule has 2 amide bonds. The number of carbonyl (C=O) groups is 2. The van der Waals surface area contributed by atoms with Crippen molar-refractivity contribution < 1.29 is 20.1 Å². The van der Waals surface area contributed by atoms with E-state index in [0.29, 0.717) is 42.3 Å². The standard InChI is InChI=1S/C22H25FN4O3.H2/c1-14-24-8-5-19(25-14)20(28)26-16-4-3-6-22(13-16)7-9-27(21(22)29)17-10-15(23)11-18(12-17)30-2;/h5,8,10-12,16H,3-4,6-7,9,13H2,1-2H3,(H,26,28);1H. The first kappa shape index (κ1) is 20.3. The highest BCUT2D eigenvalue weighted by molar-refractivity contribution is 6.00. The Morgan fingerprint density at radius 3 is 2.97 bits per heavy atom. The van der Waals surface area contributed by atoms with Crippen LogP contribution in [0.1, 0.15) is 49.8 Å². The number of aryl methyl sites for hydroxylation is 1. The van der Waals surface area contributed by atoms with E-state index in [4.69, 9.17) is 4.74 Å². The number of halogens is 1. The van der Waals surface area contributed by atoms with Crippen molar-refractivity contribution in [1.29, 1.82) is 0 Å². The summed E-state index contributed by atoms with van der Waals surface area (Å²) in [5.41, 5.74) is 0.307. The van der Waals surface area contributed by atoms with Gasteiger partial charge in [0.1, 0.15) is 23.1 Å². The topological polar surface area (TPSA) is 84.4 Å². The van der Waals surface area contributed by atoms with Crippen LogP contribution in [0.2, 0.25) is 0 Å². The molecule has 2 aliphatic rings. The van der Waals surface area contributed by atoms with E-state index in [2.05, 4.69) is 15.3 Å². The van der Waals surface area contributed by atoms with Crippen molar-refractivity contribution >= 4 is 17.5 Å². The highest BCUT2D eigenvalue weighted by Gasteiger charge is 2.49. The average Bonchev–Trinajstić information content (AvgIpc) is 3.03. The minimum Gasteiger partial charge on any atom is -0.497 e. The fraction of sp³-hybridized carbons (Fsp3) is 0.455. The molecule has 1 aliphatic heterocycles. The second-order valence-corrected chi connectivity index (χ2v) is 8.09. The van der Waals surface area contributed by atoms with Gasteiger partial charge in [-0.15, -0.1) is 0 Å². The van der Waals surface area contributed by atoms with Crippen LogP contribution >= 0.6 is 0 Å². The highest BCUT2D eigenvalue weighted by Crippen LogP contribution is 2.46. The molecule has 8 heteroatoms. The van der Waals surface area contributed by atoms with Gasteiger partial charge in [-0.05, 0) is 44.7 Å². The summed E-state index contributed by atoms with van der Waals surface area (Å²) in [5, 5.41) is 3.04. The monoisotopic (exact) mass is 414 g/mol. The summed E-state index contributed by atoms with van der Waals surface area (Å²) >= 11 is 0. The zero-order valence-corrected chi connectivity index (χ0v) is 17.2. The minimum atomic E-state index is -0.530. The molecule has 4 rings (SSSR count). The third-order valence-electron chi connectivity index (χ3n) is 6.11. The van der Waals surface area contributed by atoms with Gasteiger partial charge in [-0.2, -0.15) is 0 Å². The van der Waals surface area contributed by atoms with Crippen LogP contribution in [0.5, 0.6) is 5.75 Å². The number of hydrogen-bond donors (Lipinski definition) is 1. The van der Waals surface area contributed by atoms with Crippen molar-refractivity contribution in [3.05, 3.63) is 47.8 Å². The zero-order chi connectivity index (χ0) is 21.3. The second kappa shape index (κ2) is 8.01. The van der Waals surface area contributed by atoms with Gasteiger partial charge in [0.15, 0.2) is 0 Å². The van der Waals surface area contributed by atoms with E-state index in [0.717, 1.165) is 19.3 Å². The van der Waals surface area contributed by atoms with E-state index in [-0.39, 0.29) is 19.3 Å². The lowest BCUT2D eigenvalue weighted by Crippen LogP contribution is -2.46. The molecule has 2 atom stereocenters. The van der Waals surface area contributed by atoms with Gasteiger partial charge in [0.2, 0.25) is 5.91 Å². The molecule has 0 radical (unpaired) electrons. The maximum Gasteiger partial charge on any atom is 0.270 e. The van der Waals surface area contributed by atoms with Crippen molar-refractivity contribution in [2.75, 3.05) is 18.6 Å². The van der Waals surface area contributed by atoms with E-state index >= 15 is 0 Å². The van der Waals surface area contributed by atoms with Gasteiger partial charge >= 0.3 is 0 Å². The molecular formula is C22H27FN4O3. The molecule has 0 bridgehead atoms. The average molecular weight is 414 g/mol. The number of nitrogens with zero attached hydrogens (tertiary/aromatic N) is 3. The molecule has 2 fully saturated rings. The number of hydrogen-bond acceptors (Lipinski definition) is 5. The van der Waals surface area contributed by atoms with Crippen molar-refractivity contribution in [2.45, 2.75) is 45.1 Å². The number of methoxy groups -OCH3 is 1. The number of rotatable bonds is 4. The van der Waals surface area contributed by atoms with E-state index in [1.54, 1.807) is 30.2 Å². The lowest BCUT2D eigenvalue weighted by atomic mass is 9.71. The molecule has 160 valence electrons. The molecule has 2 aromatic rings. The van der Waals surface area contributed by atoms with Crippen LogP contribution in [-0.4, -0.2) is 41.5 Å². The van der Waals surface area contributed by atoms with E-state index < -0.39 is 11.2 Å². The smallest absolute Gasteiger partial charge is 0.270 e. The first-order valence-corrected chi connectivity index (χ1v) is 10.2. The molecule has 7 nitrogen and oxygen atoms in total. The Labute approximate surface area is 176 Å². The number of nitrogens with one attached hydrogen (secondary N) is 1. The molecule has 1 saturated carbocycles. The third kappa shape index (κ3) is 3.86. The van der Waals surface area contributed by atoms with Crippen LogP contribution in [0.25, 0.3) is 0 Å². The highest BCUT2D eigenvalue weighted by atomic mass is 19.1. The van der Waals surface area contributed by atoms with Gasteiger partial charge in [-0.1, -0.05) is 6.42 Å². The Morgan fingerprint density at radius 1 is 1.37 bits per heavy atom. The van der Waals surface area contributed by atoms with Crippen molar-refractivity contribution in [3.63, 3.8) is 0 Å². The Bertz CT molecular complexity index is 989. The first-order valence-electron chi connectivity index (χ1n) is 10.2. The van der Waals surface area contributed by atoms with Crippen LogP contribution in [0.4, 0.5) is 10.1 Å². The number of carbonyl (C=O) groups excluding carboxylic acids is 2. The normalized spacial score (nSPS) is 23.6. The Hall–Kier alpha value is -3.03. The molecule has 1 aromatic carbocycles. The van der Waals surface area contributed by atoms with Gasteiger partial charge in [0.05, 0.1) is 18.2 Å². The van der Waals surface area contributed by atoms with Crippen LogP contribution in [0.15, 0.2) is 30.5 Å². The molecule has 1 aromatic heterocycles. The molecule has 2 heterocycles. The summed E-state index contributed by atoms with van der Waals surface area (Å²) < 4.78 is 19.1. The van der Waals surface area contributed by atoms with E-state index in [9.17, 15) is 14.0 Å². The summed E-state index contributed by atoms with van der Waals surface area (Å²) in [4.78, 5) is 35.8. The van der Waals surface area contributed by atoms with Crippen LogP contribution in [0, 0.1) is 18.2 Å². The molecule has 1 aliphatic carbocycles. The maximum absolute atomic E-state index is 13.9. The van der Waals surface area contributed by atoms with Crippen molar-refractivity contribution in [3.8, 4) is 5.75 Å². The van der Waals surface area contributed by atoms with Gasteiger partial charge in [0.25, 0.3) is 5.91 Å². The van der Waals surface area contributed by atoms with E-state index in [1.165, 1.54) is 19.2 Å². The third-order valence-corrected chi connectivity index (χ3v) is 6.11. The summed E-state index contributed by atoms with van der Waals surface area (Å²) in [6.45, 7) is 2.26. The number of ether oxygens (including phenoxy) is 1. The fourth-order valence-corrected chi connectivity index (χ4v) is 4.64. The lowest BCUT2D eigenvalue weighted by Gasteiger charge is -2.36. The Balaban J connectivity index is 0.00000272. The molecular weight excluding hydrogens is 387 g/mol. The van der Waals surface area contributed by atoms with Crippen LogP contribution in [-0.2, 0) is 4.79 Å². The summed E-state index contributed by atoms with van der Waals surface area (Å²) in [7, 11) is 1.47. The molecule has 1 N–H and O–H groups in total. The largest absolute Gasteiger partial charge is 0.497 e. The van der Waals surface area contributed by atoms with Gasteiger partial charge in [-0.25, -0.2) is 14.4 Å². The zero-order valence-electron chi connectivity index (χ0n) is 17.2. The minimum absolute atomic E-state index is 0. The molecule has 1 spiro atoms. The molecule has 2 unspecified atom stereocenters. The Morgan fingerprint density at radius 2 is 2.20 bits per heavy atom. The molecule has 1 saturated heterocycles. The number of aromatic nitrogens is 2. The maximum atomic E-state index is 13.9. The summed E-state index contributed by atoms with van der Waals surface area (Å²) in [6, 6.07) is 5.81. The quantitative estimate of drug-likeness (QED) is 0.830. The number of anilines is 1. The fourth-order valence-electron chi connectivity index (χ4n) is 4.64. The van der Waals surface area contributed by atoms with E-state index in [1.807, 2.05) is 0 Å². The SMILES string of the molecule is COc1cc(F)cc(N2CCC3(CCCC(NC(=O)c4ccnc(C)n4)C3)C2=O)c1.[HH]. The van der Waals surface area contributed by atoms with Crippen LogP contribution in [0.3, 0.4) is 0 Å². The summed E-state index contributed by atoms with van der Waals surface area (Å²) in [6.07, 6.45) is 5.26. The van der Waals surface area contributed by atoms with Gasteiger partial charge < -0.3 is 15.0 Å². The van der Waals surface area contributed by atoms with Crippen molar-refractivity contribution in [1.82, 2.24) is 15.3 Å². The lowest BCUT2D eigenvalue weighted by molar-refractivity contribution is -0.127. The predicted molar refractivity (Wildman–Crippen MR) is 111 cm³/mol. The predicted octanol–water partition coefficient (Wildman–Crippen LogP) is 3.27. The first-order chi connectivity index (χ1) is 14.4. The van der Waals surface area contributed by atoms with Crippen LogP contribution < -0.4 is 15.0 Å². The number of amides is 2. The van der Waals surface area contributed by atoms with Crippen molar-refractivity contribution in [2.24, 2.45) is 5.41 Å². The second-order valence-electron chi connectivity index (χ2n) is 8.09. The summed E-state index contributed by atoms with van der Waals surface area (Å²) in [5.74, 6) is 0.223. The van der Waals surface area contributed by atoms with Gasteiger partial charge in [0, 0.05) is 32.3 Å². The number of benzene rings is 1. The molecule has 30 heavy (non-hydrogen) atoms. The Kier molecular flexibility index (Phi) is 5.40. The van der Waals surface area contributed by atoms with Gasteiger partial charge in [-0.3, -0.25) is 9.59 Å².